The Bertz CT molecular complexity index is 353. The maximum absolute atomic E-state index is 12.2. The van der Waals surface area contributed by atoms with Gasteiger partial charge in [-0.25, -0.2) is 0 Å². The summed E-state index contributed by atoms with van der Waals surface area (Å²) >= 11 is 1.62. The molecule has 0 radical (unpaired) electrons. The fraction of sp³-hybridized carbons (Fsp3) is 0.857. The number of nitriles is 1. The van der Waals surface area contributed by atoms with Gasteiger partial charge in [-0.2, -0.15) is 5.26 Å². The fourth-order valence-corrected chi connectivity index (χ4v) is 3.45. The summed E-state index contributed by atoms with van der Waals surface area (Å²) in [5.74, 6) is 0.194. The summed E-state index contributed by atoms with van der Waals surface area (Å²) in [5.41, 5.74) is 0. The Balaban J connectivity index is 1.80. The van der Waals surface area contributed by atoms with Crippen molar-refractivity contribution in [1.82, 2.24) is 4.90 Å². The first-order valence-electron chi connectivity index (χ1n) is 7.05. The van der Waals surface area contributed by atoms with E-state index in [0.717, 1.165) is 32.3 Å². The van der Waals surface area contributed by atoms with Crippen molar-refractivity contribution >= 4 is 17.7 Å². The van der Waals surface area contributed by atoms with Crippen LogP contribution in [0.1, 0.15) is 38.5 Å². The maximum atomic E-state index is 12.2. The number of rotatable bonds is 3. The number of nitrogens with zero attached hydrogens (tertiary/aromatic N) is 2. The van der Waals surface area contributed by atoms with Gasteiger partial charge in [0.15, 0.2) is 0 Å². The van der Waals surface area contributed by atoms with Crippen molar-refractivity contribution in [2.24, 2.45) is 0 Å². The highest BCUT2D eigenvalue weighted by molar-refractivity contribution is 8.00. The number of thioether (sulfide) groups is 1. The average molecular weight is 282 g/mol. The van der Waals surface area contributed by atoms with Gasteiger partial charge in [-0.3, -0.25) is 4.79 Å². The molecule has 0 bridgehead atoms. The Kier molecular flexibility index (Phi) is 5.12. The molecule has 19 heavy (non-hydrogen) atoms. The predicted octanol–water partition coefficient (Wildman–Crippen LogP) is 2.19. The van der Waals surface area contributed by atoms with Crippen molar-refractivity contribution in [3.63, 3.8) is 0 Å². The molecule has 2 aliphatic rings. The Morgan fingerprint density at radius 2 is 2.21 bits per heavy atom. The standard InChI is InChI=1S/C14H22N2O2S/c1-19-14(11-15)5-7-16(8-6-14)13(17)10-12-4-2-3-9-18-12/h12H,2-10H2,1H3. The average Bonchev–Trinajstić information content (AvgIpc) is 2.48. The second kappa shape index (κ2) is 6.62. The quantitative estimate of drug-likeness (QED) is 0.796. The van der Waals surface area contributed by atoms with Gasteiger partial charge in [-0.1, -0.05) is 0 Å². The van der Waals surface area contributed by atoms with Crippen LogP contribution in [0.25, 0.3) is 0 Å². The minimum absolute atomic E-state index is 0.115. The number of likely N-dealkylation sites (tertiary alicyclic amines) is 1. The van der Waals surface area contributed by atoms with Crippen molar-refractivity contribution in [3.8, 4) is 6.07 Å². The maximum Gasteiger partial charge on any atom is 0.225 e. The van der Waals surface area contributed by atoms with Gasteiger partial charge in [0.1, 0.15) is 4.75 Å². The van der Waals surface area contributed by atoms with E-state index in [4.69, 9.17) is 4.74 Å². The lowest BCUT2D eigenvalue weighted by atomic mass is 9.96. The molecule has 2 rings (SSSR count). The highest BCUT2D eigenvalue weighted by atomic mass is 32.2. The molecule has 2 heterocycles. The van der Waals surface area contributed by atoms with E-state index in [-0.39, 0.29) is 16.8 Å². The molecular formula is C14H22N2O2S. The van der Waals surface area contributed by atoms with E-state index >= 15 is 0 Å². The van der Waals surface area contributed by atoms with Crippen LogP contribution in [0.3, 0.4) is 0 Å². The molecule has 0 aromatic heterocycles. The van der Waals surface area contributed by atoms with Crippen LogP contribution in [-0.2, 0) is 9.53 Å². The smallest absolute Gasteiger partial charge is 0.225 e. The molecule has 0 aliphatic carbocycles. The molecule has 2 aliphatic heterocycles. The van der Waals surface area contributed by atoms with Crippen molar-refractivity contribution in [1.29, 1.82) is 5.26 Å². The lowest BCUT2D eigenvalue weighted by molar-refractivity contribution is -0.136. The van der Waals surface area contributed by atoms with E-state index in [1.807, 2.05) is 11.2 Å². The van der Waals surface area contributed by atoms with Crippen LogP contribution < -0.4 is 0 Å². The monoisotopic (exact) mass is 282 g/mol. The van der Waals surface area contributed by atoms with Gasteiger partial charge in [0.2, 0.25) is 5.91 Å². The predicted molar refractivity (Wildman–Crippen MR) is 75.9 cm³/mol. The number of carbonyl (C=O) groups excluding carboxylic acids is 1. The first-order valence-corrected chi connectivity index (χ1v) is 8.27. The van der Waals surface area contributed by atoms with E-state index in [2.05, 4.69) is 6.07 Å². The number of hydrogen-bond acceptors (Lipinski definition) is 4. The zero-order chi connectivity index (χ0) is 13.7. The molecule has 1 amide bonds. The lowest BCUT2D eigenvalue weighted by Crippen LogP contribution is -2.45. The van der Waals surface area contributed by atoms with Crippen LogP contribution in [0, 0.1) is 11.3 Å². The highest BCUT2D eigenvalue weighted by Gasteiger charge is 2.35. The van der Waals surface area contributed by atoms with E-state index in [1.165, 1.54) is 6.42 Å². The van der Waals surface area contributed by atoms with Crippen LogP contribution in [-0.4, -0.2) is 47.6 Å². The summed E-state index contributed by atoms with van der Waals surface area (Å²) in [5, 5.41) is 9.23. The summed E-state index contributed by atoms with van der Waals surface area (Å²) in [4.78, 5) is 14.1. The largest absolute Gasteiger partial charge is 0.378 e. The number of piperidine rings is 1. The van der Waals surface area contributed by atoms with E-state index in [0.29, 0.717) is 19.5 Å². The summed E-state index contributed by atoms with van der Waals surface area (Å²) in [6.45, 7) is 2.21. The van der Waals surface area contributed by atoms with Crippen LogP contribution in [0.2, 0.25) is 0 Å². The highest BCUT2D eigenvalue weighted by Crippen LogP contribution is 2.34. The Labute approximate surface area is 119 Å². The molecule has 4 nitrogen and oxygen atoms in total. The molecule has 5 heteroatoms. The normalized spacial score (nSPS) is 26.7. The number of ether oxygens (including phenoxy) is 1. The Hall–Kier alpha value is -0.730. The molecule has 1 unspecified atom stereocenters. The van der Waals surface area contributed by atoms with Gasteiger partial charge in [0.05, 0.1) is 18.6 Å². The molecule has 0 aromatic rings. The van der Waals surface area contributed by atoms with E-state index in [9.17, 15) is 10.1 Å². The Morgan fingerprint density at radius 3 is 2.74 bits per heavy atom. The van der Waals surface area contributed by atoms with Crippen molar-refractivity contribution in [2.75, 3.05) is 26.0 Å². The van der Waals surface area contributed by atoms with Gasteiger partial charge >= 0.3 is 0 Å². The zero-order valence-electron chi connectivity index (χ0n) is 11.6. The molecule has 106 valence electrons. The summed E-state index contributed by atoms with van der Waals surface area (Å²) in [7, 11) is 0. The summed E-state index contributed by atoms with van der Waals surface area (Å²) in [6, 6.07) is 2.41. The minimum Gasteiger partial charge on any atom is -0.378 e. The van der Waals surface area contributed by atoms with E-state index in [1.54, 1.807) is 11.8 Å². The first kappa shape index (κ1) is 14.7. The molecule has 2 saturated heterocycles. The van der Waals surface area contributed by atoms with Gasteiger partial charge in [-0.05, 0) is 38.4 Å². The second-order valence-corrected chi connectivity index (χ2v) is 6.57. The van der Waals surface area contributed by atoms with Crippen LogP contribution in [0.5, 0.6) is 0 Å². The van der Waals surface area contributed by atoms with Crippen LogP contribution >= 0.6 is 11.8 Å². The third-order valence-electron chi connectivity index (χ3n) is 4.19. The van der Waals surface area contributed by atoms with E-state index < -0.39 is 0 Å². The Morgan fingerprint density at radius 1 is 1.47 bits per heavy atom. The van der Waals surface area contributed by atoms with Gasteiger partial charge in [-0.15, -0.1) is 11.8 Å². The van der Waals surface area contributed by atoms with Crippen LogP contribution in [0.4, 0.5) is 0 Å². The third kappa shape index (κ3) is 3.64. The topological polar surface area (TPSA) is 53.3 Å². The zero-order valence-corrected chi connectivity index (χ0v) is 12.4. The fourth-order valence-electron chi connectivity index (χ4n) is 2.77. The van der Waals surface area contributed by atoms with Gasteiger partial charge in [0.25, 0.3) is 0 Å². The first-order chi connectivity index (χ1) is 9.19. The van der Waals surface area contributed by atoms with Crippen molar-refractivity contribution in [3.05, 3.63) is 0 Å². The van der Waals surface area contributed by atoms with Crippen molar-refractivity contribution in [2.45, 2.75) is 49.4 Å². The lowest BCUT2D eigenvalue weighted by Gasteiger charge is -2.37. The second-order valence-electron chi connectivity index (χ2n) is 5.38. The molecule has 1 atom stereocenters. The number of hydrogen-bond donors (Lipinski definition) is 0. The van der Waals surface area contributed by atoms with Crippen molar-refractivity contribution < 1.29 is 9.53 Å². The summed E-state index contributed by atoms with van der Waals surface area (Å²) < 4.78 is 5.34. The number of amides is 1. The summed E-state index contributed by atoms with van der Waals surface area (Å²) in [6.07, 6.45) is 7.46. The molecule has 0 aromatic carbocycles. The SMILES string of the molecule is CSC1(C#N)CCN(C(=O)CC2CCCCO2)CC1. The van der Waals surface area contributed by atoms with Gasteiger partial charge < -0.3 is 9.64 Å². The molecular weight excluding hydrogens is 260 g/mol. The third-order valence-corrected chi connectivity index (χ3v) is 5.48. The van der Waals surface area contributed by atoms with Gasteiger partial charge in [0, 0.05) is 19.7 Å². The van der Waals surface area contributed by atoms with Crippen LogP contribution in [0.15, 0.2) is 0 Å². The molecule has 0 saturated carbocycles. The molecule has 0 spiro atoms. The molecule has 2 fully saturated rings. The molecule has 0 N–H and O–H groups in total. The minimum atomic E-state index is -0.280. The number of carbonyl (C=O) groups is 1.